The normalized spacial score (nSPS) is 12.6. The van der Waals surface area contributed by atoms with Crippen LogP contribution in [0.5, 0.6) is 11.5 Å². The molecule has 0 aliphatic heterocycles. The van der Waals surface area contributed by atoms with Crippen LogP contribution in [0.1, 0.15) is 43.0 Å². The second-order valence-electron chi connectivity index (χ2n) is 8.65. The van der Waals surface area contributed by atoms with Gasteiger partial charge in [-0.2, -0.15) is 0 Å². The first kappa shape index (κ1) is 25.9. The van der Waals surface area contributed by atoms with Crippen molar-refractivity contribution in [2.75, 3.05) is 6.61 Å². The highest BCUT2D eigenvalue weighted by Gasteiger charge is 2.06. The second-order valence-corrected chi connectivity index (χ2v) is 8.65. The number of rotatable bonds is 12. The van der Waals surface area contributed by atoms with Crippen molar-refractivity contribution in [1.82, 2.24) is 0 Å². The predicted molar refractivity (Wildman–Crippen MR) is 144 cm³/mol. The highest BCUT2D eigenvalue weighted by Crippen LogP contribution is 2.23. The van der Waals surface area contributed by atoms with Gasteiger partial charge in [-0.1, -0.05) is 87.2 Å². The molecule has 0 heterocycles. The van der Waals surface area contributed by atoms with Crippen LogP contribution in [0.4, 0.5) is 0 Å². The van der Waals surface area contributed by atoms with Crippen molar-refractivity contribution in [3.63, 3.8) is 0 Å². The number of ether oxygens (including phenoxy) is 3. The maximum Gasteiger partial charge on any atom is 0.196 e. The minimum absolute atomic E-state index is 0.188. The summed E-state index contributed by atoms with van der Waals surface area (Å²) in [6, 6.07) is 23.2. The highest BCUT2D eigenvalue weighted by atomic mass is 16.7. The van der Waals surface area contributed by atoms with E-state index in [2.05, 4.69) is 20.4 Å². The van der Waals surface area contributed by atoms with E-state index in [0.29, 0.717) is 23.8 Å². The van der Waals surface area contributed by atoms with Crippen molar-refractivity contribution in [3.05, 3.63) is 113 Å². The molecule has 4 nitrogen and oxygen atoms in total. The SMILES string of the molecule is C=Cc1ccc(COC(C=Cc2ccc(OC(C)OCC(C)C)cc2)=Cc2ccccc2)c(O)c1. The maximum absolute atomic E-state index is 10.3. The minimum atomic E-state index is -0.301. The Kier molecular flexibility index (Phi) is 9.76. The van der Waals surface area contributed by atoms with Crippen molar-refractivity contribution in [2.24, 2.45) is 5.92 Å². The molecule has 0 fully saturated rings. The molecule has 182 valence electrons. The summed E-state index contributed by atoms with van der Waals surface area (Å²) in [6.07, 6.45) is 7.27. The van der Waals surface area contributed by atoms with E-state index in [4.69, 9.17) is 14.2 Å². The van der Waals surface area contributed by atoms with E-state index < -0.39 is 0 Å². The molecule has 3 rings (SSSR count). The minimum Gasteiger partial charge on any atom is -0.508 e. The molecule has 1 atom stereocenters. The third kappa shape index (κ3) is 8.84. The molecule has 0 saturated carbocycles. The quantitative estimate of drug-likeness (QED) is 0.167. The van der Waals surface area contributed by atoms with Gasteiger partial charge in [0.2, 0.25) is 0 Å². The molecular weight excluding hydrogens is 436 g/mol. The fourth-order valence-electron chi connectivity index (χ4n) is 3.23. The van der Waals surface area contributed by atoms with Crippen LogP contribution < -0.4 is 4.74 Å². The van der Waals surface area contributed by atoms with Crippen LogP contribution in [0, 0.1) is 5.92 Å². The van der Waals surface area contributed by atoms with E-state index >= 15 is 0 Å². The zero-order valence-electron chi connectivity index (χ0n) is 20.7. The fraction of sp³-hybridized carbons (Fsp3) is 0.226. The Balaban J connectivity index is 1.69. The molecule has 0 bridgehead atoms. The van der Waals surface area contributed by atoms with Crippen molar-refractivity contribution in [2.45, 2.75) is 33.7 Å². The summed E-state index contributed by atoms with van der Waals surface area (Å²) in [5, 5.41) is 10.3. The monoisotopic (exact) mass is 470 g/mol. The number of hydrogen-bond donors (Lipinski definition) is 1. The number of aromatic hydroxyl groups is 1. The predicted octanol–water partition coefficient (Wildman–Crippen LogP) is 7.70. The van der Waals surface area contributed by atoms with Crippen LogP contribution in [0.25, 0.3) is 18.2 Å². The summed E-state index contributed by atoms with van der Waals surface area (Å²) in [4.78, 5) is 0. The summed E-state index contributed by atoms with van der Waals surface area (Å²) in [6.45, 7) is 10.8. The lowest BCUT2D eigenvalue weighted by Gasteiger charge is -2.16. The molecule has 0 amide bonds. The van der Waals surface area contributed by atoms with E-state index in [0.717, 1.165) is 22.4 Å². The summed E-state index contributed by atoms with van der Waals surface area (Å²) < 4.78 is 17.6. The summed E-state index contributed by atoms with van der Waals surface area (Å²) in [5.74, 6) is 2.09. The zero-order valence-corrected chi connectivity index (χ0v) is 20.7. The molecular formula is C31H34O4. The highest BCUT2D eigenvalue weighted by molar-refractivity contribution is 5.60. The standard InChI is InChI=1S/C31H34O4/c1-5-25-11-15-28(31(32)20-25)22-34-30(19-27-9-7-6-8-10-27)18-14-26-12-16-29(17-13-26)35-24(4)33-21-23(2)3/h5-20,23-24,32H,1,21-22H2,2-4H3. The van der Waals surface area contributed by atoms with Crippen molar-refractivity contribution in [3.8, 4) is 11.5 Å². The first-order valence-electron chi connectivity index (χ1n) is 11.8. The Labute approximate surface area is 208 Å². The first-order valence-corrected chi connectivity index (χ1v) is 11.8. The smallest absolute Gasteiger partial charge is 0.196 e. The molecule has 0 spiro atoms. The molecule has 3 aromatic carbocycles. The van der Waals surface area contributed by atoms with E-state index in [-0.39, 0.29) is 18.6 Å². The average molecular weight is 471 g/mol. The Morgan fingerprint density at radius 3 is 2.29 bits per heavy atom. The van der Waals surface area contributed by atoms with E-state index in [1.165, 1.54) is 0 Å². The molecule has 0 aliphatic carbocycles. The van der Waals surface area contributed by atoms with Gasteiger partial charge in [-0.25, -0.2) is 0 Å². The van der Waals surface area contributed by atoms with Gasteiger partial charge in [0, 0.05) is 5.56 Å². The summed E-state index contributed by atoms with van der Waals surface area (Å²) >= 11 is 0. The van der Waals surface area contributed by atoms with Gasteiger partial charge >= 0.3 is 0 Å². The van der Waals surface area contributed by atoms with Crippen LogP contribution in [0.3, 0.4) is 0 Å². The molecule has 1 unspecified atom stereocenters. The van der Waals surface area contributed by atoms with Crippen molar-refractivity contribution < 1.29 is 19.3 Å². The van der Waals surface area contributed by atoms with E-state index in [9.17, 15) is 5.11 Å². The summed E-state index contributed by atoms with van der Waals surface area (Å²) in [5.41, 5.74) is 3.60. The van der Waals surface area contributed by atoms with Crippen LogP contribution >= 0.6 is 0 Å². The Morgan fingerprint density at radius 1 is 0.914 bits per heavy atom. The lowest BCUT2D eigenvalue weighted by molar-refractivity contribution is -0.0755. The van der Waals surface area contributed by atoms with Gasteiger partial charge in [0.25, 0.3) is 0 Å². The largest absolute Gasteiger partial charge is 0.508 e. The fourth-order valence-corrected chi connectivity index (χ4v) is 3.23. The van der Waals surface area contributed by atoms with Crippen molar-refractivity contribution >= 4 is 18.2 Å². The number of allylic oxidation sites excluding steroid dienone is 1. The van der Waals surface area contributed by atoms with Gasteiger partial charge in [-0.3, -0.25) is 0 Å². The third-order valence-electron chi connectivity index (χ3n) is 5.13. The van der Waals surface area contributed by atoms with Crippen molar-refractivity contribution in [1.29, 1.82) is 0 Å². The van der Waals surface area contributed by atoms with Gasteiger partial charge in [-0.15, -0.1) is 0 Å². The number of benzene rings is 3. The number of hydrogen-bond acceptors (Lipinski definition) is 4. The van der Waals surface area contributed by atoms with E-state index in [1.54, 1.807) is 12.1 Å². The van der Waals surface area contributed by atoms with Gasteiger partial charge < -0.3 is 19.3 Å². The molecule has 3 aromatic rings. The van der Waals surface area contributed by atoms with Crippen LogP contribution in [-0.2, 0) is 16.1 Å². The van der Waals surface area contributed by atoms with Gasteiger partial charge in [0.05, 0.1) is 6.61 Å². The van der Waals surface area contributed by atoms with E-state index in [1.807, 2.05) is 91.9 Å². The van der Waals surface area contributed by atoms with Gasteiger partial charge in [-0.05, 0) is 59.9 Å². The average Bonchev–Trinajstić information content (AvgIpc) is 2.86. The molecule has 0 aliphatic rings. The van der Waals surface area contributed by atoms with Crippen LogP contribution in [-0.4, -0.2) is 18.0 Å². The van der Waals surface area contributed by atoms with Gasteiger partial charge in [0.1, 0.15) is 23.9 Å². The van der Waals surface area contributed by atoms with Crippen LogP contribution in [0.15, 0.2) is 91.2 Å². The molecule has 0 radical (unpaired) electrons. The Morgan fingerprint density at radius 2 is 1.63 bits per heavy atom. The molecule has 0 aromatic heterocycles. The topological polar surface area (TPSA) is 47.9 Å². The first-order chi connectivity index (χ1) is 16.9. The number of phenols is 1. The molecule has 1 N–H and O–H groups in total. The van der Waals surface area contributed by atoms with Crippen LogP contribution in [0.2, 0.25) is 0 Å². The molecule has 4 heteroatoms. The second kappa shape index (κ2) is 13.2. The Bertz CT molecular complexity index is 1130. The summed E-state index contributed by atoms with van der Waals surface area (Å²) in [7, 11) is 0. The number of phenolic OH excluding ortho intramolecular Hbond substituents is 1. The lowest BCUT2D eigenvalue weighted by atomic mass is 10.1. The van der Waals surface area contributed by atoms with Gasteiger partial charge in [0.15, 0.2) is 6.29 Å². The molecule has 35 heavy (non-hydrogen) atoms. The maximum atomic E-state index is 10.3. The lowest BCUT2D eigenvalue weighted by Crippen LogP contribution is -2.18. The Hall–Kier alpha value is -3.76. The molecule has 0 saturated heterocycles. The third-order valence-corrected chi connectivity index (χ3v) is 5.13. The zero-order chi connectivity index (χ0) is 25.0.